The van der Waals surface area contributed by atoms with Crippen LogP contribution in [0.2, 0.25) is 0 Å². The molecule has 0 aromatic heterocycles. The standard InChI is InChI=1S/C11H24N2O2S.C2HF3O2/c1-4-13(5-2)7-8-15-11(14)10(12)6-9-16-3;3-2(4,5)1(6)7/h10H,4-9,12H2,1-3H3;(H,6,7). The zero-order valence-corrected chi connectivity index (χ0v) is 14.4. The number of thioether (sulfide) groups is 1. The summed E-state index contributed by atoms with van der Waals surface area (Å²) in [5.74, 6) is -2.14. The number of nitrogens with two attached hydrogens (primary N) is 1. The van der Waals surface area contributed by atoms with E-state index < -0.39 is 18.2 Å². The lowest BCUT2D eigenvalue weighted by Gasteiger charge is -2.18. The average Bonchev–Trinajstić information content (AvgIpc) is 2.48. The van der Waals surface area contributed by atoms with Crippen molar-refractivity contribution in [2.45, 2.75) is 32.5 Å². The number of carboxylic acids is 1. The summed E-state index contributed by atoms with van der Waals surface area (Å²) in [6.07, 6.45) is -2.40. The van der Waals surface area contributed by atoms with Crippen LogP contribution in [-0.4, -0.2) is 72.4 Å². The summed E-state index contributed by atoms with van der Waals surface area (Å²) in [5, 5.41) is 7.12. The highest BCUT2D eigenvalue weighted by molar-refractivity contribution is 7.98. The van der Waals surface area contributed by atoms with Gasteiger partial charge < -0.3 is 20.5 Å². The molecule has 0 aromatic carbocycles. The first-order valence-electron chi connectivity index (χ1n) is 7.03. The summed E-state index contributed by atoms with van der Waals surface area (Å²) in [6, 6.07) is -0.468. The van der Waals surface area contributed by atoms with Crippen molar-refractivity contribution < 1.29 is 32.6 Å². The van der Waals surface area contributed by atoms with E-state index in [-0.39, 0.29) is 5.97 Å². The first-order chi connectivity index (χ1) is 10.6. The van der Waals surface area contributed by atoms with Crippen LogP contribution in [-0.2, 0) is 14.3 Å². The van der Waals surface area contributed by atoms with E-state index in [1.54, 1.807) is 11.8 Å². The van der Waals surface area contributed by atoms with Gasteiger partial charge in [0.1, 0.15) is 12.6 Å². The third-order valence-electron chi connectivity index (χ3n) is 2.72. The number of esters is 1. The molecule has 3 N–H and O–H groups in total. The fourth-order valence-corrected chi connectivity index (χ4v) is 1.77. The lowest BCUT2D eigenvalue weighted by molar-refractivity contribution is -0.192. The number of nitrogens with zero attached hydrogens (tertiary/aromatic N) is 1. The molecule has 0 spiro atoms. The minimum Gasteiger partial charge on any atom is -0.475 e. The molecule has 0 rings (SSSR count). The van der Waals surface area contributed by atoms with E-state index in [0.717, 1.165) is 25.4 Å². The van der Waals surface area contributed by atoms with Gasteiger partial charge in [0.25, 0.3) is 0 Å². The van der Waals surface area contributed by atoms with Crippen molar-refractivity contribution in [3.63, 3.8) is 0 Å². The molecule has 0 bridgehead atoms. The SMILES string of the molecule is CCN(CC)CCOC(=O)C(N)CCSC.O=C(O)C(F)(F)F. The number of aliphatic carboxylic acids is 1. The van der Waals surface area contributed by atoms with Crippen molar-refractivity contribution in [2.75, 3.05) is 38.2 Å². The zero-order valence-electron chi connectivity index (χ0n) is 13.6. The van der Waals surface area contributed by atoms with Crippen LogP contribution in [0.5, 0.6) is 0 Å². The minimum absolute atomic E-state index is 0.277. The molecule has 0 radical (unpaired) electrons. The molecule has 0 fully saturated rings. The van der Waals surface area contributed by atoms with Crippen LogP contribution in [0.1, 0.15) is 20.3 Å². The van der Waals surface area contributed by atoms with Crippen LogP contribution < -0.4 is 5.73 Å². The van der Waals surface area contributed by atoms with Crippen LogP contribution >= 0.6 is 11.8 Å². The summed E-state index contributed by atoms with van der Waals surface area (Å²) in [5.41, 5.74) is 5.68. The van der Waals surface area contributed by atoms with Crippen molar-refractivity contribution in [2.24, 2.45) is 5.73 Å². The van der Waals surface area contributed by atoms with Gasteiger partial charge in [-0.25, -0.2) is 4.79 Å². The minimum atomic E-state index is -5.08. The van der Waals surface area contributed by atoms with Crippen LogP contribution in [0.4, 0.5) is 13.2 Å². The molecule has 0 aromatic rings. The Kier molecular flexibility index (Phi) is 14.2. The second kappa shape index (κ2) is 13.4. The molecule has 0 aliphatic rings. The Hall–Kier alpha value is -1.00. The molecule has 0 saturated carbocycles. The highest BCUT2D eigenvalue weighted by Crippen LogP contribution is 2.13. The fraction of sp³-hybridized carbons (Fsp3) is 0.846. The molecule has 0 saturated heterocycles. The lowest BCUT2D eigenvalue weighted by Crippen LogP contribution is -2.35. The van der Waals surface area contributed by atoms with Crippen LogP contribution in [0.25, 0.3) is 0 Å². The van der Waals surface area contributed by atoms with E-state index in [1.807, 2.05) is 6.26 Å². The summed E-state index contributed by atoms with van der Waals surface area (Å²) < 4.78 is 36.9. The van der Waals surface area contributed by atoms with E-state index in [9.17, 15) is 18.0 Å². The molecule has 0 aliphatic carbocycles. The topological polar surface area (TPSA) is 92.9 Å². The smallest absolute Gasteiger partial charge is 0.475 e. The Morgan fingerprint density at radius 2 is 1.78 bits per heavy atom. The zero-order chi connectivity index (χ0) is 18.5. The van der Waals surface area contributed by atoms with Gasteiger partial charge in [0.05, 0.1) is 0 Å². The highest BCUT2D eigenvalue weighted by Gasteiger charge is 2.38. The first kappa shape index (κ1) is 24.3. The Morgan fingerprint density at radius 1 is 1.30 bits per heavy atom. The number of carbonyl (C=O) groups is 2. The molecule has 0 amide bonds. The maximum atomic E-state index is 11.4. The molecule has 138 valence electrons. The number of rotatable bonds is 9. The molecule has 0 aliphatic heterocycles. The monoisotopic (exact) mass is 362 g/mol. The number of halogens is 3. The van der Waals surface area contributed by atoms with Crippen molar-refractivity contribution >= 4 is 23.7 Å². The van der Waals surface area contributed by atoms with Crippen LogP contribution in [0.3, 0.4) is 0 Å². The molecular weight excluding hydrogens is 337 g/mol. The third-order valence-corrected chi connectivity index (χ3v) is 3.37. The van der Waals surface area contributed by atoms with Gasteiger partial charge in [-0.05, 0) is 31.5 Å². The van der Waals surface area contributed by atoms with Gasteiger partial charge in [-0.15, -0.1) is 0 Å². The summed E-state index contributed by atoms with van der Waals surface area (Å²) >= 11 is 1.69. The number of hydrogen-bond donors (Lipinski definition) is 2. The first-order valence-corrected chi connectivity index (χ1v) is 8.43. The molecule has 1 unspecified atom stereocenters. The second-order valence-electron chi connectivity index (χ2n) is 4.39. The Balaban J connectivity index is 0. The third kappa shape index (κ3) is 14.3. The number of ether oxygens (including phenoxy) is 1. The van der Waals surface area contributed by atoms with Gasteiger partial charge in [-0.1, -0.05) is 13.8 Å². The predicted molar refractivity (Wildman–Crippen MR) is 83.4 cm³/mol. The quantitative estimate of drug-likeness (QED) is 0.602. The average molecular weight is 362 g/mol. The molecule has 6 nitrogen and oxygen atoms in total. The van der Waals surface area contributed by atoms with Crippen LogP contribution in [0, 0.1) is 0 Å². The Labute approximate surface area is 138 Å². The normalized spacial score (nSPS) is 12.3. The van der Waals surface area contributed by atoms with Crippen molar-refractivity contribution in [3.8, 4) is 0 Å². The molecule has 1 atom stereocenters. The molecular formula is C13H25F3N2O4S. The number of alkyl halides is 3. The van der Waals surface area contributed by atoms with Crippen LogP contribution in [0.15, 0.2) is 0 Å². The lowest BCUT2D eigenvalue weighted by atomic mass is 10.2. The predicted octanol–water partition coefficient (Wildman–Crippen LogP) is 1.59. The largest absolute Gasteiger partial charge is 0.490 e. The summed E-state index contributed by atoms with van der Waals surface area (Å²) in [4.78, 5) is 22.5. The number of carboxylic acid groups (broad SMARTS) is 1. The Morgan fingerprint density at radius 3 is 2.13 bits per heavy atom. The summed E-state index contributed by atoms with van der Waals surface area (Å²) in [6.45, 7) is 7.37. The molecule has 23 heavy (non-hydrogen) atoms. The van der Waals surface area contributed by atoms with E-state index in [1.165, 1.54) is 0 Å². The number of hydrogen-bond acceptors (Lipinski definition) is 6. The highest BCUT2D eigenvalue weighted by atomic mass is 32.2. The van der Waals surface area contributed by atoms with Crippen molar-refractivity contribution in [1.29, 1.82) is 0 Å². The van der Waals surface area contributed by atoms with Gasteiger partial charge in [0.2, 0.25) is 0 Å². The number of carbonyl (C=O) groups excluding carboxylic acids is 1. The van der Waals surface area contributed by atoms with E-state index in [2.05, 4.69) is 18.7 Å². The summed E-state index contributed by atoms with van der Waals surface area (Å²) in [7, 11) is 0. The second-order valence-corrected chi connectivity index (χ2v) is 5.37. The van der Waals surface area contributed by atoms with Gasteiger partial charge in [-0.3, -0.25) is 4.79 Å². The van der Waals surface area contributed by atoms with Crippen molar-refractivity contribution in [1.82, 2.24) is 4.90 Å². The van der Waals surface area contributed by atoms with Crippen molar-refractivity contribution in [3.05, 3.63) is 0 Å². The Bertz CT molecular complexity index is 340. The van der Waals surface area contributed by atoms with E-state index >= 15 is 0 Å². The van der Waals surface area contributed by atoms with Gasteiger partial charge in [-0.2, -0.15) is 24.9 Å². The van der Waals surface area contributed by atoms with Gasteiger partial charge in [0, 0.05) is 6.54 Å². The van der Waals surface area contributed by atoms with E-state index in [0.29, 0.717) is 13.0 Å². The van der Waals surface area contributed by atoms with Gasteiger partial charge in [0.15, 0.2) is 0 Å². The maximum absolute atomic E-state index is 11.4. The maximum Gasteiger partial charge on any atom is 0.490 e. The number of likely N-dealkylation sites (N-methyl/N-ethyl adjacent to an activating group) is 1. The molecule has 0 heterocycles. The fourth-order valence-electron chi connectivity index (χ4n) is 1.28. The van der Waals surface area contributed by atoms with Gasteiger partial charge >= 0.3 is 18.1 Å². The molecule has 10 heteroatoms. The van der Waals surface area contributed by atoms with E-state index in [4.69, 9.17) is 20.4 Å².